The molecule has 0 aliphatic carbocycles. The van der Waals surface area contributed by atoms with E-state index in [1.165, 1.54) is 16.8 Å². The van der Waals surface area contributed by atoms with Crippen molar-refractivity contribution in [1.82, 2.24) is 29.2 Å². The number of fused-ring (bicyclic) bond motifs is 2. The lowest BCUT2D eigenvalue weighted by Crippen LogP contribution is -1.91. The quantitative estimate of drug-likeness (QED) is 0.310. The van der Waals surface area contributed by atoms with Crippen molar-refractivity contribution in [3.8, 4) is 0 Å². The summed E-state index contributed by atoms with van der Waals surface area (Å²) in [7, 11) is 0. The standard InChI is InChI=1S/C6H3ClN4O2.C6H5ClN4/c7-5-1-2-10-6(9-5)4(3-8-10)11(12)13;7-5-1-2-11-6(10-5)4(8)3-9-11/h1-3H;1-3H,8H2. The van der Waals surface area contributed by atoms with Crippen molar-refractivity contribution in [3.63, 3.8) is 0 Å². The van der Waals surface area contributed by atoms with Crippen molar-refractivity contribution in [1.29, 1.82) is 0 Å². The second-order valence-corrected chi connectivity index (χ2v) is 5.20. The summed E-state index contributed by atoms with van der Waals surface area (Å²) in [6.07, 6.45) is 5.90. The zero-order valence-electron chi connectivity index (χ0n) is 11.7. The highest BCUT2D eigenvalue weighted by Gasteiger charge is 2.15. The summed E-state index contributed by atoms with van der Waals surface area (Å²) >= 11 is 11.2. The Kier molecular flexibility index (Phi) is 4.15. The van der Waals surface area contributed by atoms with E-state index < -0.39 is 4.92 Å². The predicted octanol–water partition coefficient (Wildman–Crippen LogP) is 2.26. The molecule has 4 heterocycles. The van der Waals surface area contributed by atoms with Crippen molar-refractivity contribution < 1.29 is 4.92 Å². The summed E-state index contributed by atoms with van der Waals surface area (Å²) in [6.45, 7) is 0. The monoisotopic (exact) mass is 366 g/mol. The van der Waals surface area contributed by atoms with Crippen LogP contribution in [0.2, 0.25) is 10.3 Å². The Hall–Kier alpha value is -2.98. The van der Waals surface area contributed by atoms with E-state index >= 15 is 0 Å². The highest BCUT2D eigenvalue weighted by Crippen LogP contribution is 2.18. The summed E-state index contributed by atoms with van der Waals surface area (Å²) in [6, 6.07) is 3.16. The maximum atomic E-state index is 10.5. The second kappa shape index (κ2) is 6.26. The van der Waals surface area contributed by atoms with Crippen molar-refractivity contribution in [2.45, 2.75) is 0 Å². The number of anilines is 1. The molecular weight excluding hydrogens is 359 g/mol. The predicted molar refractivity (Wildman–Crippen MR) is 87.1 cm³/mol. The number of nitro groups is 1. The minimum atomic E-state index is -0.550. The van der Waals surface area contributed by atoms with Gasteiger partial charge in [0.2, 0.25) is 5.65 Å². The molecule has 0 amide bonds. The van der Waals surface area contributed by atoms with Crippen LogP contribution in [0, 0.1) is 10.1 Å². The number of hydrogen-bond donors (Lipinski definition) is 1. The lowest BCUT2D eigenvalue weighted by molar-refractivity contribution is -0.383. The van der Waals surface area contributed by atoms with Crippen LogP contribution in [-0.2, 0) is 0 Å². The molecule has 0 aliphatic heterocycles. The van der Waals surface area contributed by atoms with Crippen LogP contribution in [0.3, 0.4) is 0 Å². The molecule has 122 valence electrons. The fraction of sp³-hybridized carbons (Fsp3) is 0. The molecule has 12 heteroatoms. The molecule has 0 radical (unpaired) electrons. The topological polar surface area (TPSA) is 130 Å². The largest absolute Gasteiger partial charge is 0.394 e. The fourth-order valence-corrected chi connectivity index (χ4v) is 2.10. The molecule has 0 unspecified atom stereocenters. The normalized spacial score (nSPS) is 10.6. The smallest absolute Gasteiger partial charge is 0.333 e. The number of nitrogen functional groups attached to an aromatic ring is 1. The van der Waals surface area contributed by atoms with Crippen molar-refractivity contribution >= 4 is 45.9 Å². The molecule has 24 heavy (non-hydrogen) atoms. The molecule has 4 aromatic rings. The summed E-state index contributed by atoms with van der Waals surface area (Å²) in [5.41, 5.74) is 6.67. The molecule has 0 atom stereocenters. The number of aromatic nitrogens is 6. The minimum Gasteiger partial charge on any atom is -0.394 e. The van der Waals surface area contributed by atoms with Crippen LogP contribution >= 0.6 is 23.2 Å². The number of nitrogens with two attached hydrogens (primary N) is 1. The minimum absolute atomic E-state index is 0.150. The Morgan fingerprint density at radius 1 is 1.00 bits per heavy atom. The molecule has 0 saturated heterocycles. The van der Waals surface area contributed by atoms with Gasteiger partial charge in [0.1, 0.15) is 16.5 Å². The van der Waals surface area contributed by atoms with E-state index in [4.69, 9.17) is 28.9 Å². The van der Waals surface area contributed by atoms with Crippen LogP contribution in [0.25, 0.3) is 11.3 Å². The Balaban J connectivity index is 0.000000143. The lowest BCUT2D eigenvalue weighted by atomic mass is 10.5. The third-order valence-corrected chi connectivity index (χ3v) is 3.30. The van der Waals surface area contributed by atoms with Gasteiger partial charge in [0.15, 0.2) is 5.65 Å². The van der Waals surface area contributed by atoms with Gasteiger partial charge in [-0.2, -0.15) is 10.2 Å². The van der Waals surface area contributed by atoms with Gasteiger partial charge >= 0.3 is 5.69 Å². The first-order valence-electron chi connectivity index (χ1n) is 6.35. The van der Waals surface area contributed by atoms with E-state index in [2.05, 4.69) is 20.2 Å². The molecule has 0 bridgehead atoms. The molecule has 0 spiro atoms. The zero-order valence-corrected chi connectivity index (χ0v) is 13.3. The first-order chi connectivity index (χ1) is 11.5. The van der Waals surface area contributed by atoms with E-state index in [1.54, 1.807) is 23.0 Å². The molecule has 0 aromatic carbocycles. The van der Waals surface area contributed by atoms with Crippen molar-refractivity contribution in [2.75, 3.05) is 5.73 Å². The highest BCUT2D eigenvalue weighted by atomic mass is 35.5. The van der Waals surface area contributed by atoms with Gasteiger partial charge in [0.05, 0.1) is 16.8 Å². The van der Waals surface area contributed by atoms with Gasteiger partial charge in [-0.3, -0.25) is 10.1 Å². The van der Waals surface area contributed by atoms with Crippen molar-refractivity contribution in [2.24, 2.45) is 0 Å². The summed E-state index contributed by atoms with van der Waals surface area (Å²) in [5, 5.41) is 18.7. The van der Waals surface area contributed by atoms with E-state index in [0.29, 0.717) is 16.5 Å². The third-order valence-electron chi connectivity index (χ3n) is 2.88. The third kappa shape index (κ3) is 3.05. The molecule has 4 rings (SSSR count). The maximum Gasteiger partial charge on any atom is 0.333 e. The molecule has 2 N–H and O–H groups in total. The first-order valence-corrected chi connectivity index (χ1v) is 7.11. The number of rotatable bonds is 1. The Labute approximate surface area is 143 Å². The van der Waals surface area contributed by atoms with Gasteiger partial charge in [0, 0.05) is 12.4 Å². The van der Waals surface area contributed by atoms with Crippen LogP contribution in [0.1, 0.15) is 0 Å². The van der Waals surface area contributed by atoms with E-state index in [-0.39, 0.29) is 16.5 Å². The first kappa shape index (κ1) is 15.9. The average molecular weight is 367 g/mol. The van der Waals surface area contributed by atoms with E-state index in [1.807, 2.05) is 0 Å². The Bertz CT molecular complexity index is 1040. The average Bonchev–Trinajstić information content (AvgIpc) is 3.12. The second-order valence-electron chi connectivity index (χ2n) is 4.42. The Morgan fingerprint density at radius 3 is 2.17 bits per heavy atom. The van der Waals surface area contributed by atoms with Gasteiger partial charge < -0.3 is 5.73 Å². The van der Waals surface area contributed by atoms with Crippen LogP contribution in [0.4, 0.5) is 11.4 Å². The van der Waals surface area contributed by atoms with Gasteiger partial charge in [-0.05, 0) is 12.1 Å². The van der Waals surface area contributed by atoms with E-state index in [9.17, 15) is 10.1 Å². The molecule has 4 aromatic heterocycles. The number of hydrogen-bond acceptors (Lipinski definition) is 7. The molecule has 10 nitrogen and oxygen atoms in total. The van der Waals surface area contributed by atoms with Crippen LogP contribution in [0.5, 0.6) is 0 Å². The lowest BCUT2D eigenvalue weighted by Gasteiger charge is -1.92. The molecule has 0 saturated carbocycles. The fourth-order valence-electron chi connectivity index (χ4n) is 1.83. The molecule has 0 fully saturated rings. The summed E-state index contributed by atoms with van der Waals surface area (Å²) in [5.74, 6) is 0. The SMILES string of the molecule is Nc1cnn2ccc(Cl)nc12.O=[N+]([O-])c1cnn2ccc(Cl)nc12. The van der Waals surface area contributed by atoms with Gasteiger partial charge in [-0.1, -0.05) is 23.2 Å². The maximum absolute atomic E-state index is 10.5. The Morgan fingerprint density at radius 2 is 1.54 bits per heavy atom. The van der Waals surface area contributed by atoms with Gasteiger partial charge in [-0.15, -0.1) is 0 Å². The summed E-state index contributed by atoms with van der Waals surface area (Å²) in [4.78, 5) is 17.7. The number of nitrogens with zero attached hydrogens (tertiary/aromatic N) is 7. The van der Waals surface area contributed by atoms with Gasteiger partial charge in [0.25, 0.3) is 0 Å². The number of halogens is 2. The summed E-state index contributed by atoms with van der Waals surface area (Å²) < 4.78 is 2.87. The molecular formula is C12H8Cl2N8O2. The highest BCUT2D eigenvalue weighted by molar-refractivity contribution is 6.29. The zero-order chi connectivity index (χ0) is 17.3. The van der Waals surface area contributed by atoms with Crippen LogP contribution in [-0.4, -0.2) is 34.1 Å². The van der Waals surface area contributed by atoms with Crippen molar-refractivity contribution in [3.05, 3.63) is 57.3 Å². The molecule has 0 aliphatic rings. The van der Waals surface area contributed by atoms with Crippen LogP contribution in [0.15, 0.2) is 36.9 Å². The van der Waals surface area contributed by atoms with E-state index in [0.717, 1.165) is 6.20 Å². The van der Waals surface area contributed by atoms with Crippen LogP contribution < -0.4 is 5.73 Å². The van der Waals surface area contributed by atoms with Gasteiger partial charge in [-0.25, -0.2) is 19.0 Å².